The number of ether oxygens (including phenoxy) is 2. The molecule has 0 aliphatic carbocycles. The minimum absolute atomic E-state index is 0.316. The van der Waals surface area contributed by atoms with Crippen LogP contribution in [0, 0.1) is 11.3 Å². The molecule has 1 aromatic rings. The van der Waals surface area contributed by atoms with E-state index in [9.17, 15) is 0 Å². The van der Waals surface area contributed by atoms with Crippen molar-refractivity contribution in [3.63, 3.8) is 0 Å². The van der Waals surface area contributed by atoms with E-state index in [0.717, 1.165) is 0 Å². The molecule has 0 saturated carbocycles. The van der Waals surface area contributed by atoms with Crippen molar-refractivity contribution in [3.8, 4) is 17.6 Å². The van der Waals surface area contributed by atoms with Gasteiger partial charge in [-0.1, -0.05) is 24.3 Å². The Morgan fingerprint density at radius 1 is 1.50 bits per heavy atom. The van der Waals surface area contributed by atoms with Gasteiger partial charge in [0.25, 0.3) is 0 Å². The molecule has 0 aliphatic rings. The fraction of sp³-hybridized carbons (Fsp3) is 0.250. The van der Waals surface area contributed by atoms with Crippen molar-refractivity contribution in [1.82, 2.24) is 0 Å². The summed E-state index contributed by atoms with van der Waals surface area (Å²) in [7, 11) is 0. The first kappa shape index (κ1) is 12.4. The average molecular weight is 238 g/mol. The van der Waals surface area contributed by atoms with E-state index in [1.807, 2.05) is 13.0 Å². The molecule has 0 aromatic heterocycles. The van der Waals surface area contributed by atoms with Crippen LogP contribution in [0.15, 0.2) is 24.8 Å². The van der Waals surface area contributed by atoms with Gasteiger partial charge in [0.2, 0.25) is 0 Å². The molecule has 0 saturated heterocycles. The summed E-state index contributed by atoms with van der Waals surface area (Å²) in [5, 5.41) is 9.41. The molecule has 16 heavy (non-hydrogen) atoms. The number of halogens is 1. The number of hydrogen-bond acceptors (Lipinski definition) is 3. The van der Waals surface area contributed by atoms with Gasteiger partial charge in [-0.2, -0.15) is 5.26 Å². The third kappa shape index (κ3) is 2.91. The van der Waals surface area contributed by atoms with Gasteiger partial charge in [-0.3, -0.25) is 0 Å². The fourth-order valence-corrected chi connectivity index (χ4v) is 1.41. The predicted molar refractivity (Wildman–Crippen MR) is 63.0 cm³/mol. The van der Waals surface area contributed by atoms with E-state index < -0.39 is 0 Å². The first-order valence-corrected chi connectivity index (χ1v) is 5.20. The van der Waals surface area contributed by atoms with Crippen LogP contribution in [0.3, 0.4) is 0 Å². The largest absolute Gasteiger partial charge is 0.490 e. The molecular weight excluding hydrogens is 226 g/mol. The van der Waals surface area contributed by atoms with Gasteiger partial charge in [0.15, 0.2) is 11.5 Å². The highest BCUT2D eigenvalue weighted by Crippen LogP contribution is 2.34. The van der Waals surface area contributed by atoms with Gasteiger partial charge in [0, 0.05) is 11.1 Å². The second kappa shape index (κ2) is 6.04. The highest BCUT2D eigenvalue weighted by molar-refractivity contribution is 6.30. The molecule has 0 radical (unpaired) electrons. The molecule has 1 rings (SSSR count). The quantitative estimate of drug-likeness (QED) is 0.739. The van der Waals surface area contributed by atoms with E-state index in [4.69, 9.17) is 26.3 Å². The minimum atomic E-state index is 0.316. The van der Waals surface area contributed by atoms with Crippen molar-refractivity contribution in [1.29, 1.82) is 5.26 Å². The van der Waals surface area contributed by atoms with Gasteiger partial charge < -0.3 is 9.47 Å². The van der Waals surface area contributed by atoms with Gasteiger partial charge in [-0.15, -0.1) is 0 Å². The van der Waals surface area contributed by atoms with Crippen LogP contribution < -0.4 is 9.47 Å². The van der Waals surface area contributed by atoms with Crippen molar-refractivity contribution in [2.24, 2.45) is 0 Å². The second-order valence-electron chi connectivity index (χ2n) is 2.93. The summed E-state index contributed by atoms with van der Waals surface area (Å²) in [5.41, 5.74) is 0.359. The molecule has 0 atom stereocenters. The highest BCUT2D eigenvalue weighted by atomic mass is 35.5. The summed E-state index contributed by atoms with van der Waals surface area (Å²) < 4.78 is 10.8. The molecule has 84 valence electrons. The molecule has 0 aliphatic heterocycles. The Balaban J connectivity index is 3.16. The molecule has 4 heteroatoms. The number of nitriles is 1. The number of nitrogens with zero attached hydrogens (tertiary/aromatic N) is 1. The lowest BCUT2D eigenvalue weighted by Crippen LogP contribution is -2.01. The van der Waals surface area contributed by atoms with Crippen molar-refractivity contribution < 1.29 is 9.47 Å². The molecular formula is C12H12ClNO2. The van der Waals surface area contributed by atoms with Crippen molar-refractivity contribution >= 4 is 11.6 Å². The monoisotopic (exact) mass is 237 g/mol. The maximum atomic E-state index is 8.96. The van der Waals surface area contributed by atoms with E-state index in [-0.39, 0.29) is 0 Å². The number of benzene rings is 1. The summed E-state index contributed by atoms with van der Waals surface area (Å²) in [6.45, 7) is 6.20. The van der Waals surface area contributed by atoms with Gasteiger partial charge in [0.1, 0.15) is 12.7 Å². The summed E-state index contributed by atoms with van der Waals surface area (Å²) >= 11 is 5.86. The first-order valence-electron chi connectivity index (χ1n) is 4.83. The van der Waals surface area contributed by atoms with Crippen LogP contribution in [0.4, 0.5) is 0 Å². The Morgan fingerprint density at radius 3 is 2.81 bits per heavy atom. The summed E-state index contributed by atoms with van der Waals surface area (Å²) in [5.74, 6) is 0.891. The van der Waals surface area contributed by atoms with Crippen molar-refractivity contribution in [3.05, 3.63) is 35.4 Å². The van der Waals surface area contributed by atoms with Gasteiger partial charge >= 0.3 is 0 Å². The van der Waals surface area contributed by atoms with Crippen LogP contribution in [0.1, 0.15) is 12.5 Å². The third-order valence-electron chi connectivity index (χ3n) is 1.79. The van der Waals surface area contributed by atoms with E-state index in [1.54, 1.807) is 18.2 Å². The van der Waals surface area contributed by atoms with E-state index >= 15 is 0 Å². The molecule has 3 nitrogen and oxygen atoms in total. The zero-order valence-corrected chi connectivity index (χ0v) is 9.75. The highest BCUT2D eigenvalue weighted by Gasteiger charge is 2.12. The van der Waals surface area contributed by atoms with Gasteiger partial charge in [0.05, 0.1) is 12.2 Å². The van der Waals surface area contributed by atoms with Gasteiger partial charge in [-0.25, -0.2) is 0 Å². The topological polar surface area (TPSA) is 42.2 Å². The molecule has 0 heterocycles. The maximum Gasteiger partial charge on any atom is 0.179 e. The smallest absolute Gasteiger partial charge is 0.179 e. The van der Waals surface area contributed by atoms with Crippen LogP contribution in [-0.4, -0.2) is 13.2 Å². The van der Waals surface area contributed by atoms with Crippen molar-refractivity contribution in [2.75, 3.05) is 13.2 Å². The molecule has 0 fully saturated rings. The summed E-state index contributed by atoms with van der Waals surface area (Å²) in [4.78, 5) is 0. The zero-order chi connectivity index (χ0) is 12.0. The fourth-order valence-electron chi connectivity index (χ4n) is 1.21. The van der Waals surface area contributed by atoms with Crippen LogP contribution >= 0.6 is 11.6 Å². The van der Waals surface area contributed by atoms with Gasteiger partial charge in [-0.05, 0) is 13.0 Å². The molecule has 0 N–H and O–H groups in total. The SMILES string of the molecule is C=CCOc1c(C#N)cc(Cl)cc1OCC. The lowest BCUT2D eigenvalue weighted by atomic mass is 10.2. The average Bonchev–Trinajstić information content (AvgIpc) is 2.27. The van der Waals surface area contributed by atoms with Crippen LogP contribution in [-0.2, 0) is 0 Å². The summed E-state index contributed by atoms with van der Waals surface area (Å²) in [6, 6.07) is 5.19. The molecule has 0 bridgehead atoms. The predicted octanol–water partition coefficient (Wildman–Crippen LogP) is 3.18. The molecule has 0 amide bonds. The van der Waals surface area contributed by atoms with Crippen LogP contribution in [0.25, 0.3) is 0 Å². The first-order chi connectivity index (χ1) is 7.72. The molecule has 0 unspecified atom stereocenters. The molecule has 1 aromatic carbocycles. The Morgan fingerprint density at radius 2 is 2.25 bits per heavy atom. The lowest BCUT2D eigenvalue weighted by molar-refractivity contribution is 0.296. The van der Waals surface area contributed by atoms with E-state index in [0.29, 0.717) is 35.3 Å². The third-order valence-corrected chi connectivity index (χ3v) is 2.00. The normalized spacial score (nSPS) is 9.31. The second-order valence-corrected chi connectivity index (χ2v) is 3.36. The Hall–Kier alpha value is -1.66. The van der Waals surface area contributed by atoms with E-state index in [1.165, 1.54) is 0 Å². The Bertz CT molecular complexity index is 424. The maximum absolute atomic E-state index is 8.96. The summed E-state index contributed by atoms with van der Waals surface area (Å²) in [6.07, 6.45) is 1.60. The number of rotatable bonds is 5. The van der Waals surface area contributed by atoms with Crippen molar-refractivity contribution in [2.45, 2.75) is 6.92 Å². The van der Waals surface area contributed by atoms with E-state index in [2.05, 4.69) is 6.58 Å². The van der Waals surface area contributed by atoms with Crippen LogP contribution in [0.2, 0.25) is 5.02 Å². The van der Waals surface area contributed by atoms with Crippen LogP contribution in [0.5, 0.6) is 11.5 Å². The standard InChI is InChI=1S/C12H12ClNO2/c1-3-5-16-12-9(8-14)6-10(13)7-11(12)15-4-2/h3,6-7H,1,4-5H2,2H3. The Kier molecular flexibility index (Phi) is 4.68. The lowest BCUT2D eigenvalue weighted by Gasteiger charge is -2.12. The minimum Gasteiger partial charge on any atom is -0.490 e. The molecule has 0 spiro atoms. The zero-order valence-electron chi connectivity index (χ0n) is 9.00. The number of hydrogen-bond donors (Lipinski definition) is 0. The Labute approximate surface area is 99.9 Å².